The molecule has 1 aliphatic heterocycles. The fraction of sp³-hybridized carbons (Fsp3) is 0.235. The van der Waals surface area contributed by atoms with E-state index in [4.69, 9.17) is 23.7 Å². The maximum Gasteiger partial charge on any atom is 0.231 e. The monoisotopic (exact) mass is 316 g/mol. The standard InChI is InChI=1S/C17H16O6/c1-19-17(20-2)12-3-5-13(6-4-12)23-15-8-11(9-18)7-14-16(15)22-10-21-14/h3-9,17H,10H2,1-2H3. The lowest BCUT2D eigenvalue weighted by Crippen LogP contribution is -2.03. The number of fused-ring (bicyclic) bond motifs is 1. The van der Waals surface area contributed by atoms with E-state index in [9.17, 15) is 4.79 Å². The molecule has 0 aromatic heterocycles. The van der Waals surface area contributed by atoms with Gasteiger partial charge in [0.15, 0.2) is 17.8 Å². The number of hydrogen-bond acceptors (Lipinski definition) is 6. The van der Waals surface area contributed by atoms with Gasteiger partial charge in [0.1, 0.15) is 12.0 Å². The van der Waals surface area contributed by atoms with Gasteiger partial charge in [0.05, 0.1) is 0 Å². The Balaban J connectivity index is 1.85. The summed E-state index contributed by atoms with van der Waals surface area (Å²) in [5.74, 6) is 2.02. The van der Waals surface area contributed by atoms with E-state index in [1.807, 2.05) is 12.1 Å². The molecule has 23 heavy (non-hydrogen) atoms. The van der Waals surface area contributed by atoms with E-state index in [-0.39, 0.29) is 6.79 Å². The van der Waals surface area contributed by atoms with Crippen LogP contribution >= 0.6 is 0 Å². The maximum atomic E-state index is 11.0. The van der Waals surface area contributed by atoms with Crippen molar-refractivity contribution in [2.45, 2.75) is 6.29 Å². The van der Waals surface area contributed by atoms with Crippen LogP contribution in [0.4, 0.5) is 0 Å². The average molecular weight is 316 g/mol. The summed E-state index contributed by atoms with van der Waals surface area (Å²) in [6.45, 7) is 0.107. The Morgan fingerprint density at radius 3 is 2.48 bits per heavy atom. The first kappa shape index (κ1) is 15.3. The highest BCUT2D eigenvalue weighted by atomic mass is 16.7. The van der Waals surface area contributed by atoms with Crippen LogP contribution in [-0.2, 0) is 9.47 Å². The molecule has 1 heterocycles. The molecule has 0 aliphatic carbocycles. The molecule has 6 heteroatoms. The number of rotatable bonds is 6. The third kappa shape index (κ3) is 3.13. The summed E-state index contributed by atoms with van der Waals surface area (Å²) in [7, 11) is 3.15. The molecule has 2 aromatic rings. The van der Waals surface area contributed by atoms with Crippen LogP contribution in [0.3, 0.4) is 0 Å². The van der Waals surface area contributed by atoms with Gasteiger partial charge in [-0.15, -0.1) is 0 Å². The lowest BCUT2D eigenvalue weighted by Gasteiger charge is -2.14. The fourth-order valence-electron chi connectivity index (χ4n) is 2.33. The second kappa shape index (κ2) is 6.68. The summed E-state index contributed by atoms with van der Waals surface area (Å²) in [5, 5.41) is 0. The van der Waals surface area contributed by atoms with Gasteiger partial charge in [-0.3, -0.25) is 4.79 Å². The van der Waals surface area contributed by atoms with Crippen LogP contribution in [0.25, 0.3) is 0 Å². The highest BCUT2D eigenvalue weighted by Gasteiger charge is 2.21. The predicted molar refractivity (Wildman–Crippen MR) is 81.2 cm³/mol. The van der Waals surface area contributed by atoms with E-state index in [1.54, 1.807) is 38.5 Å². The van der Waals surface area contributed by atoms with Crippen LogP contribution in [0.5, 0.6) is 23.0 Å². The van der Waals surface area contributed by atoms with Crippen LogP contribution in [0, 0.1) is 0 Å². The topological polar surface area (TPSA) is 63.2 Å². The van der Waals surface area contributed by atoms with Gasteiger partial charge in [-0.05, 0) is 24.3 Å². The van der Waals surface area contributed by atoms with Crippen molar-refractivity contribution in [2.24, 2.45) is 0 Å². The Hall–Kier alpha value is -2.57. The zero-order valence-electron chi connectivity index (χ0n) is 12.8. The van der Waals surface area contributed by atoms with Crippen molar-refractivity contribution >= 4 is 6.29 Å². The molecule has 6 nitrogen and oxygen atoms in total. The number of methoxy groups -OCH3 is 2. The fourth-order valence-corrected chi connectivity index (χ4v) is 2.33. The maximum absolute atomic E-state index is 11.0. The Morgan fingerprint density at radius 1 is 1.09 bits per heavy atom. The SMILES string of the molecule is COC(OC)c1ccc(Oc2cc(C=O)cc3c2OCO3)cc1. The number of aldehydes is 1. The van der Waals surface area contributed by atoms with Gasteiger partial charge < -0.3 is 23.7 Å². The van der Waals surface area contributed by atoms with Crippen LogP contribution in [-0.4, -0.2) is 27.3 Å². The van der Waals surface area contributed by atoms with Crippen molar-refractivity contribution in [3.8, 4) is 23.0 Å². The molecule has 0 fully saturated rings. The number of carbonyl (C=O) groups excluding carboxylic acids is 1. The molecule has 1 aliphatic rings. The van der Waals surface area contributed by atoms with Gasteiger partial charge in [-0.1, -0.05) is 12.1 Å². The Kier molecular flexibility index (Phi) is 4.45. The lowest BCUT2D eigenvalue weighted by atomic mass is 10.2. The van der Waals surface area contributed by atoms with Crippen molar-refractivity contribution in [3.05, 3.63) is 47.5 Å². The molecule has 0 unspecified atom stereocenters. The zero-order valence-corrected chi connectivity index (χ0v) is 12.8. The molecule has 0 atom stereocenters. The number of hydrogen-bond donors (Lipinski definition) is 0. The average Bonchev–Trinajstić information content (AvgIpc) is 3.06. The molecule has 0 spiro atoms. The number of ether oxygens (including phenoxy) is 5. The van der Waals surface area contributed by atoms with Crippen molar-refractivity contribution in [1.82, 2.24) is 0 Å². The first-order chi connectivity index (χ1) is 11.2. The largest absolute Gasteiger partial charge is 0.453 e. The summed E-state index contributed by atoms with van der Waals surface area (Å²) >= 11 is 0. The van der Waals surface area contributed by atoms with Crippen molar-refractivity contribution in [3.63, 3.8) is 0 Å². The summed E-state index contributed by atoms with van der Waals surface area (Å²) < 4.78 is 26.9. The van der Waals surface area contributed by atoms with Gasteiger partial charge in [0, 0.05) is 25.3 Å². The molecule has 0 bridgehead atoms. The first-order valence-corrected chi connectivity index (χ1v) is 6.97. The quantitative estimate of drug-likeness (QED) is 0.602. The van der Waals surface area contributed by atoms with Gasteiger partial charge in [0.25, 0.3) is 0 Å². The second-order valence-electron chi connectivity index (χ2n) is 4.85. The van der Waals surface area contributed by atoms with E-state index in [1.165, 1.54) is 0 Å². The molecule has 120 valence electrons. The van der Waals surface area contributed by atoms with Crippen LogP contribution < -0.4 is 14.2 Å². The normalized spacial score (nSPS) is 12.5. The van der Waals surface area contributed by atoms with E-state index < -0.39 is 6.29 Å². The zero-order chi connectivity index (χ0) is 16.2. The Morgan fingerprint density at radius 2 is 1.83 bits per heavy atom. The molecular weight excluding hydrogens is 300 g/mol. The minimum absolute atomic E-state index is 0.107. The summed E-state index contributed by atoms with van der Waals surface area (Å²) in [4.78, 5) is 11.0. The van der Waals surface area contributed by atoms with E-state index in [0.29, 0.717) is 28.6 Å². The third-order valence-electron chi connectivity index (χ3n) is 3.41. The van der Waals surface area contributed by atoms with Crippen molar-refractivity contribution in [1.29, 1.82) is 0 Å². The molecule has 0 saturated carbocycles. The van der Waals surface area contributed by atoms with Gasteiger partial charge in [0.2, 0.25) is 12.5 Å². The molecule has 2 aromatic carbocycles. The first-order valence-electron chi connectivity index (χ1n) is 6.97. The molecule has 0 radical (unpaired) electrons. The van der Waals surface area contributed by atoms with E-state index >= 15 is 0 Å². The highest BCUT2D eigenvalue weighted by molar-refractivity contribution is 5.78. The third-order valence-corrected chi connectivity index (χ3v) is 3.41. The molecule has 3 rings (SSSR count). The molecule has 0 N–H and O–H groups in total. The Labute approximate surface area is 133 Å². The molecule has 0 amide bonds. The van der Waals surface area contributed by atoms with Gasteiger partial charge in [-0.25, -0.2) is 0 Å². The minimum atomic E-state index is -0.427. The smallest absolute Gasteiger partial charge is 0.231 e. The van der Waals surface area contributed by atoms with Crippen molar-refractivity contribution < 1.29 is 28.5 Å². The number of carbonyl (C=O) groups is 1. The molecular formula is C17H16O6. The van der Waals surface area contributed by atoms with Crippen molar-refractivity contribution in [2.75, 3.05) is 21.0 Å². The second-order valence-corrected chi connectivity index (χ2v) is 4.85. The Bertz CT molecular complexity index is 691. The number of benzene rings is 2. The van der Waals surface area contributed by atoms with Gasteiger partial charge in [-0.2, -0.15) is 0 Å². The van der Waals surface area contributed by atoms with E-state index in [0.717, 1.165) is 11.8 Å². The van der Waals surface area contributed by atoms with Crippen LogP contribution in [0.2, 0.25) is 0 Å². The van der Waals surface area contributed by atoms with E-state index in [2.05, 4.69) is 0 Å². The van der Waals surface area contributed by atoms with Crippen LogP contribution in [0.15, 0.2) is 36.4 Å². The summed E-state index contributed by atoms with van der Waals surface area (Å²) in [6, 6.07) is 10.5. The summed E-state index contributed by atoms with van der Waals surface area (Å²) in [6.07, 6.45) is 0.308. The summed E-state index contributed by atoms with van der Waals surface area (Å²) in [5.41, 5.74) is 1.33. The van der Waals surface area contributed by atoms with Crippen LogP contribution in [0.1, 0.15) is 22.2 Å². The van der Waals surface area contributed by atoms with Gasteiger partial charge >= 0.3 is 0 Å². The minimum Gasteiger partial charge on any atom is -0.453 e. The lowest BCUT2D eigenvalue weighted by molar-refractivity contribution is -0.106. The molecule has 0 saturated heterocycles. The predicted octanol–water partition coefficient (Wildman–Crippen LogP) is 3.31. The highest BCUT2D eigenvalue weighted by Crippen LogP contribution is 2.43.